The van der Waals surface area contributed by atoms with Crippen LogP contribution in [0.3, 0.4) is 0 Å². The summed E-state index contributed by atoms with van der Waals surface area (Å²) in [6.07, 6.45) is 6.63. The second-order valence-corrected chi connectivity index (χ2v) is 3.65. The van der Waals surface area contributed by atoms with Crippen LogP contribution in [0.5, 0.6) is 0 Å². The lowest BCUT2D eigenvalue weighted by Crippen LogP contribution is -2.46. The van der Waals surface area contributed by atoms with Crippen molar-refractivity contribution >= 4 is 12.4 Å². The average molecular weight is 174 g/mol. The summed E-state index contributed by atoms with van der Waals surface area (Å²) in [6.45, 7) is 4.06. The van der Waals surface area contributed by atoms with Crippen molar-refractivity contribution in [2.75, 3.05) is 0 Å². The Morgan fingerprint density at radius 1 is 1.18 bits per heavy atom. The summed E-state index contributed by atoms with van der Waals surface area (Å²) in [5.74, 6) is 0. The SMILES string of the molecule is C=C1CC2CCCC(C1)N2.Cl. The van der Waals surface area contributed by atoms with Crippen LogP contribution in [0.2, 0.25) is 0 Å². The molecule has 2 heterocycles. The molecular formula is C9H16ClN. The Hall–Kier alpha value is -0.0100. The molecule has 1 nitrogen and oxygen atoms in total. The molecule has 2 rings (SSSR count). The summed E-state index contributed by atoms with van der Waals surface area (Å²) in [4.78, 5) is 0. The van der Waals surface area contributed by atoms with Gasteiger partial charge in [0.05, 0.1) is 0 Å². The molecule has 2 fully saturated rings. The summed E-state index contributed by atoms with van der Waals surface area (Å²) in [5.41, 5.74) is 1.47. The fourth-order valence-electron chi connectivity index (χ4n) is 2.21. The van der Waals surface area contributed by atoms with E-state index in [1.54, 1.807) is 0 Å². The molecule has 2 saturated heterocycles. The first-order valence-corrected chi connectivity index (χ1v) is 4.27. The third-order valence-electron chi connectivity index (χ3n) is 2.65. The largest absolute Gasteiger partial charge is 0.311 e. The molecule has 2 atom stereocenters. The van der Waals surface area contributed by atoms with Crippen LogP contribution >= 0.6 is 12.4 Å². The molecule has 0 aromatic heterocycles. The molecule has 2 aliphatic rings. The average Bonchev–Trinajstić information content (AvgIpc) is 1.85. The highest BCUT2D eigenvalue weighted by molar-refractivity contribution is 5.85. The summed E-state index contributed by atoms with van der Waals surface area (Å²) in [5, 5.41) is 3.62. The van der Waals surface area contributed by atoms with Crippen LogP contribution in [-0.2, 0) is 0 Å². The topological polar surface area (TPSA) is 12.0 Å². The molecule has 0 saturated carbocycles. The maximum absolute atomic E-state index is 4.06. The standard InChI is InChI=1S/C9H15N.ClH/c1-7-5-8-3-2-4-9(6-7)10-8;/h8-10H,1-6H2;1H. The predicted octanol–water partition coefficient (Wildman–Crippen LogP) is 2.27. The molecular weight excluding hydrogens is 158 g/mol. The molecule has 0 aromatic carbocycles. The zero-order chi connectivity index (χ0) is 6.97. The van der Waals surface area contributed by atoms with E-state index in [2.05, 4.69) is 11.9 Å². The van der Waals surface area contributed by atoms with Crippen LogP contribution in [0.1, 0.15) is 32.1 Å². The third-order valence-corrected chi connectivity index (χ3v) is 2.65. The van der Waals surface area contributed by atoms with Gasteiger partial charge in [0, 0.05) is 12.1 Å². The molecule has 0 radical (unpaired) electrons. The Kier molecular flexibility index (Phi) is 2.97. The zero-order valence-corrected chi connectivity index (χ0v) is 7.62. The highest BCUT2D eigenvalue weighted by Crippen LogP contribution is 2.27. The lowest BCUT2D eigenvalue weighted by atomic mass is 9.85. The van der Waals surface area contributed by atoms with Gasteiger partial charge in [0.15, 0.2) is 0 Å². The van der Waals surface area contributed by atoms with E-state index >= 15 is 0 Å². The molecule has 64 valence electrons. The summed E-state index contributed by atoms with van der Waals surface area (Å²) >= 11 is 0. The van der Waals surface area contributed by atoms with E-state index in [1.165, 1.54) is 37.7 Å². The molecule has 0 aromatic rings. The van der Waals surface area contributed by atoms with Gasteiger partial charge in [-0.05, 0) is 25.7 Å². The van der Waals surface area contributed by atoms with Crippen molar-refractivity contribution in [2.45, 2.75) is 44.2 Å². The molecule has 0 spiro atoms. The molecule has 11 heavy (non-hydrogen) atoms. The lowest BCUT2D eigenvalue weighted by molar-refractivity contribution is 0.283. The lowest BCUT2D eigenvalue weighted by Gasteiger charge is -2.37. The van der Waals surface area contributed by atoms with Crippen molar-refractivity contribution < 1.29 is 0 Å². The molecule has 0 aliphatic carbocycles. The Balaban J connectivity index is 0.000000605. The smallest absolute Gasteiger partial charge is 0.0107 e. The van der Waals surface area contributed by atoms with Gasteiger partial charge in [-0.1, -0.05) is 18.6 Å². The van der Waals surface area contributed by atoms with E-state index in [-0.39, 0.29) is 12.4 Å². The molecule has 1 N–H and O–H groups in total. The molecule has 2 unspecified atom stereocenters. The van der Waals surface area contributed by atoms with E-state index in [4.69, 9.17) is 0 Å². The number of piperidine rings is 2. The second kappa shape index (κ2) is 3.59. The quantitative estimate of drug-likeness (QED) is 0.555. The predicted molar refractivity (Wildman–Crippen MR) is 50.2 cm³/mol. The van der Waals surface area contributed by atoms with Crippen LogP contribution in [0.15, 0.2) is 12.2 Å². The maximum Gasteiger partial charge on any atom is 0.0107 e. The second-order valence-electron chi connectivity index (χ2n) is 3.65. The minimum Gasteiger partial charge on any atom is -0.311 e. The van der Waals surface area contributed by atoms with E-state index in [0.29, 0.717) is 0 Å². The van der Waals surface area contributed by atoms with Crippen molar-refractivity contribution in [1.82, 2.24) is 5.32 Å². The van der Waals surface area contributed by atoms with E-state index in [9.17, 15) is 0 Å². The number of hydrogen-bond donors (Lipinski definition) is 1. The molecule has 2 heteroatoms. The van der Waals surface area contributed by atoms with Crippen LogP contribution in [0.25, 0.3) is 0 Å². The summed E-state index contributed by atoms with van der Waals surface area (Å²) < 4.78 is 0. The number of fused-ring (bicyclic) bond motifs is 2. The van der Waals surface area contributed by atoms with Crippen molar-refractivity contribution in [3.63, 3.8) is 0 Å². The van der Waals surface area contributed by atoms with Gasteiger partial charge in [-0.15, -0.1) is 12.4 Å². The Morgan fingerprint density at radius 3 is 2.27 bits per heavy atom. The maximum atomic E-state index is 4.06. The van der Waals surface area contributed by atoms with Crippen LogP contribution in [0.4, 0.5) is 0 Å². The zero-order valence-electron chi connectivity index (χ0n) is 6.81. The number of rotatable bonds is 0. The number of nitrogens with one attached hydrogen (secondary N) is 1. The van der Waals surface area contributed by atoms with Crippen LogP contribution in [-0.4, -0.2) is 12.1 Å². The highest BCUT2D eigenvalue weighted by Gasteiger charge is 2.26. The molecule has 2 aliphatic heterocycles. The first-order valence-electron chi connectivity index (χ1n) is 4.27. The van der Waals surface area contributed by atoms with Crippen molar-refractivity contribution in [3.05, 3.63) is 12.2 Å². The van der Waals surface area contributed by atoms with Gasteiger partial charge >= 0.3 is 0 Å². The first kappa shape index (κ1) is 9.08. The van der Waals surface area contributed by atoms with Gasteiger partial charge in [0.1, 0.15) is 0 Å². The highest BCUT2D eigenvalue weighted by atomic mass is 35.5. The van der Waals surface area contributed by atoms with E-state index in [1.807, 2.05) is 0 Å². The first-order chi connectivity index (χ1) is 4.84. The normalized spacial score (nSPS) is 36.2. The Labute approximate surface area is 74.7 Å². The van der Waals surface area contributed by atoms with Crippen LogP contribution < -0.4 is 5.32 Å². The number of halogens is 1. The minimum atomic E-state index is 0. The van der Waals surface area contributed by atoms with Crippen molar-refractivity contribution in [2.24, 2.45) is 0 Å². The van der Waals surface area contributed by atoms with Gasteiger partial charge < -0.3 is 5.32 Å². The number of hydrogen-bond acceptors (Lipinski definition) is 1. The van der Waals surface area contributed by atoms with Crippen molar-refractivity contribution in [3.8, 4) is 0 Å². The van der Waals surface area contributed by atoms with Crippen LogP contribution in [0, 0.1) is 0 Å². The fraction of sp³-hybridized carbons (Fsp3) is 0.778. The Morgan fingerprint density at radius 2 is 1.73 bits per heavy atom. The van der Waals surface area contributed by atoms with Gasteiger partial charge in [-0.3, -0.25) is 0 Å². The summed E-state index contributed by atoms with van der Waals surface area (Å²) in [6, 6.07) is 1.56. The molecule has 2 bridgehead atoms. The minimum absolute atomic E-state index is 0. The van der Waals surface area contributed by atoms with Gasteiger partial charge in [-0.25, -0.2) is 0 Å². The van der Waals surface area contributed by atoms with Gasteiger partial charge in [0.2, 0.25) is 0 Å². The van der Waals surface area contributed by atoms with E-state index < -0.39 is 0 Å². The summed E-state index contributed by atoms with van der Waals surface area (Å²) in [7, 11) is 0. The van der Waals surface area contributed by atoms with Gasteiger partial charge in [-0.2, -0.15) is 0 Å². The van der Waals surface area contributed by atoms with Crippen molar-refractivity contribution in [1.29, 1.82) is 0 Å². The van der Waals surface area contributed by atoms with Gasteiger partial charge in [0.25, 0.3) is 0 Å². The molecule has 0 amide bonds. The monoisotopic (exact) mass is 173 g/mol. The van der Waals surface area contributed by atoms with E-state index in [0.717, 1.165) is 12.1 Å². The third kappa shape index (κ3) is 1.97. The Bertz CT molecular complexity index is 142. The fourth-order valence-corrected chi connectivity index (χ4v) is 2.21.